The molecule has 2 aliphatic heterocycles. The van der Waals surface area contributed by atoms with Crippen LogP contribution < -0.4 is 0 Å². The van der Waals surface area contributed by atoms with Gasteiger partial charge in [-0.2, -0.15) is 0 Å². The molecule has 0 N–H and O–H groups in total. The molecule has 0 saturated carbocycles. The number of likely N-dealkylation sites (tertiary alicyclic amines) is 1. The highest BCUT2D eigenvalue weighted by Gasteiger charge is 2.38. The van der Waals surface area contributed by atoms with Gasteiger partial charge in [-0.25, -0.2) is 0 Å². The van der Waals surface area contributed by atoms with Crippen LogP contribution in [0.3, 0.4) is 0 Å². The molecule has 4 atom stereocenters. The van der Waals surface area contributed by atoms with E-state index in [4.69, 9.17) is 16.3 Å². The Morgan fingerprint density at radius 2 is 2.07 bits per heavy atom. The number of hydrogen-bond donors (Lipinski definition) is 0. The van der Waals surface area contributed by atoms with Gasteiger partial charge < -0.3 is 9.64 Å². The molecule has 0 aromatic rings. The minimum absolute atomic E-state index is 0.102. The van der Waals surface area contributed by atoms with Gasteiger partial charge in [0.1, 0.15) is 6.10 Å². The van der Waals surface area contributed by atoms with E-state index in [-0.39, 0.29) is 17.4 Å². The summed E-state index contributed by atoms with van der Waals surface area (Å²) in [7, 11) is 0. The van der Waals surface area contributed by atoms with Crippen molar-refractivity contribution in [2.24, 2.45) is 11.8 Å². The largest absolute Gasteiger partial charge is 0.368 e. The van der Waals surface area contributed by atoms with E-state index in [1.807, 2.05) is 4.90 Å². The zero-order chi connectivity index (χ0) is 11.0. The Morgan fingerprint density at radius 1 is 1.33 bits per heavy atom. The average Bonchev–Trinajstić information content (AvgIpc) is 2.74. The van der Waals surface area contributed by atoms with Gasteiger partial charge in [0.25, 0.3) is 5.91 Å². The number of amides is 1. The molecular weight excluding hydrogens is 214 g/mol. The SMILES string of the molecule is CC1CN(C(=O)C2OCCC2C)CC1Cl. The van der Waals surface area contributed by atoms with Crippen LogP contribution in [0.25, 0.3) is 0 Å². The lowest BCUT2D eigenvalue weighted by Gasteiger charge is -2.22. The minimum atomic E-state index is -0.223. The molecule has 2 heterocycles. The van der Waals surface area contributed by atoms with Crippen molar-refractivity contribution >= 4 is 17.5 Å². The van der Waals surface area contributed by atoms with Crippen LogP contribution in [0, 0.1) is 11.8 Å². The molecule has 3 nitrogen and oxygen atoms in total. The van der Waals surface area contributed by atoms with Crippen molar-refractivity contribution in [3.63, 3.8) is 0 Å². The number of halogens is 1. The third-order valence-corrected chi connectivity index (χ3v) is 4.03. The number of carbonyl (C=O) groups is 1. The quantitative estimate of drug-likeness (QED) is 0.640. The minimum Gasteiger partial charge on any atom is -0.368 e. The first kappa shape index (κ1) is 11.2. The normalized spacial score (nSPS) is 41.1. The van der Waals surface area contributed by atoms with Crippen molar-refractivity contribution in [1.82, 2.24) is 4.90 Å². The number of carbonyl (C=O) groups excluding carboxylic acids is 1. The fourth-order valence-electron chi connectivity index (χ4n) is 2.30. The maximum atomic E-state index is 12.1. The second kappa shape index (κ2) is 4.30. The number of rotatable bonds is 1. The third-order valence-electron chi connectivity index (χ3n) is 3.46. The van der Waals surface area contributed by atoms with Crippen LogP contribution in [0.1, 0.15) is 20.3 Å². The van der Waals surface area contributed by atoms with Crippen LogP contribution in [0.5, 0.6) is 0 Å². The maximum absolute atomic E-state index is 12.1. The highest BCUT2D eigenvalue weighted by Crippen LogP contribution is 2.26. The molecule has 4 heteroatoms. The molecule has 0 aliphatic carbocycles. The van der Waals surface area contributed by atoms with E-state index in [0.717, 1.165) is 13.0 Å². The topological polar surface area (TPSA) is 29.5 Å². The Bertz CT molecular complexity index is 249. The summed E-state index contributed by atoms with van der Waals surface area (Å²) in [4.78, 5) is 13.9. The zero-order valence-corrected chi connectivity index (χ0v) is 10.0. The Kier molecular flexibility index (Phi) is 3.21. The van der Waals surface area contributed by atoms with Gasteiger partial charge in [0.15, 0.2) is 0 Å². The summed E-state index contributed by atoms with van der Waals surface area (Å²) in [6, 6.07) is 0. The van der Waals surface area contributed by atoms with Crippen molar-refractivity contribution in [1.29, 1.82) is 0 Å². The highest BCUT2D eigenvalue weighted by atomic mass is 35.5. The molecule has 1 amide bonds. The van der Waals surface area contributed by atoms with Gasteiger partial charge in [-0.1, -0.05) is 13.8 Å². The lowest BCUT2D eigenvalue weighted by Crippen LogP contribution is -2.40. The number of alkyl halides is 1. The summed E-state index contributed by atoms with van der Waals surface area (Å²) in [5.41, 5.74) is 0. The van der Waals surface area contributed by atoms with Crippen molar-refractivity contribution in [2.75, 3.05) is 19.7 Å². The number of hydrogen-bond acceptors (Lipinski definition) is 2. The molecule has 0 radical (unpaired) electrons. The van der Waals surface area contributed by atoms with Gasteiger partial charge in [-0.15, -0.1) is 11.6 Å². The predicted molar refractivity (Wildman–Crippen MR) is 58.9 cm³/mol. The first-order valence-corrected chi connectivity index (χ1v) is 6.07. The molecule has 0 bridgehead atoms. The van der Waals surface area contributed by atoms with Crippen LogP contribution in [0.2, 0.25) is 0 Å². The average molecular weight is 232 g/mol. The van der Waals surface area contributed by atoms with Gasteiger partial charge in [-0.3, -0.25) is 4.79 Å². The first-order valence-electron chi connectivity index (χ1n) is 5.64. The van der Waals surface area contributed by atoms with Crippen LogP contribution >= 0.6 is 11.6 Å². The van der Waals surface area contributed by atoms with Gasteiger partial charge in [0, 0.05) is 19.7 Å². The van der Waals surface area contributed by atoms with Crippen molar-refractivity contribution < 1.29 is 9.53 Å². The van der Waals surface area contributed by atoms with Crippen LogP contribution in [0.4, 0.5) is 0 Å². The summed E-state index contributed by atoms with van der Waals surface area (Å²) in [5.74, 6) is 0.879. The summed E-state index contributed by atoms with van der Waals surface area (Å²) in [5, 5.41) is 0.102. The van der Waals surface area contributed by atoms with E-state index >= 15 is 0 Å². The molecule has 0 spiro atoms. The number of nitrogens with zero attached hydrogens (tertiary/aromatic N) is 1. The fraction of sp³-hybridized carbons (Fsp3) is 0.909. The van der Waals surface area contributed by atoms with Crippen molar-refractivity contribution in [3.8, 4) is 0 Å². The Labute approximate surface area is 95.7 Å². The van der Waals surface area contributed by atoms with Crippen LogP contribution in [0.15, 0.2) is 0 Å². The monoisotopic (exact) mass is 231 g/mol. The van der Waals surface area contributed by atoms with Crippen LogP contribution in [-0.4, -0.2) is 42.0 Å². The molecule has 4 unspecified atom stereocenters. The second-order valence-corrected chi connectivity index (χ2v) is 5.35. The maximum Gasteiger partial charge on any atom is 0.252 e. The summed E-state index contributed by atoms with van der Waals surface area (Å²) in [6.45, 7) is 6.33. The Morgan fingerprint density at radius 3 is 2.53 bits per heavy atom. The molecule has 2 fully saturated rings. The lowest BCUT2D eigenvalue weighted by molar-refractivity contribution is -0.141. The van der Waals surface area contributed by atoms with Crippen molar-refractivity contribution in [2.45, 2.75) is 31.7 Å². The van der Waals surface area contributed by atoms with Gasteiger partial charge >= 0.3 is 0 Å². The van der Waals surface area contributed by atoms with Crippen LogP contribution in [-0.2, 0) is 9.53 Å². The molecule has 2 rings (SSSR count). The van der Waals surface area contributed by atoms with Gasteiger partial charge in [0.2, 0.25) is 0 Å². The fourth-order valence-corrected chi connectivity index (χ4v) is 2.54. The smallest absolute Gasteiger partial charge is 0.252 e. The molecule has 0 aromatic carbocycles. The highest BCUT2D eigenvalue weighted by molar-refractivity contribution is 6.21. The van der Waals surface area contributed by atoms with Gasteiger partial charge in [-0.05, 0) is 18.3 Å². The lowest BCUT2D eigenvalue weighted by atomic mass is 10.0. The molecule has 15 heavy (non-hydrogen) atoms. The van der Waals surface area contributed by atoms with E-state index in [1.54, 1.807) is 0 Å². The molecule has 2 saturated heterocycles. The second-order valence-electron chi connectivity index (χ2n) is 4.79. The Hall–Kier alpha value is -0.280. The standard InChI is InChI=1S/C11H18ClNO2/c1-7-3-4-15-10(7)11(14)13-5-8(2)9(12)6-13/h7-10H,3-6H2,1-2H3. The molecule has 0 aromatic heterocycles. The summed E-state index contributed by atoms with van der Waals surface area (Å²) < 4.78 is 5.48. The first-order chi connectivity index (χ1) is 7.09. The van der Waals surface area contributed by atoms with E-state index in [2.05, 4.69) is 13.8 Å². The summed E-state index contributed by atoms with van der Waals surface area (Å²) >= 11 is 6.11. The zero-order valence-electron chi connectivity index (χ0n) is 9.28. The van der Waals surface area contributed by atoms with E-state index in [1.165, 1.54) is 0 Å². The predicted octanol–water partition coefficient (Wildman–Crippen LogP) is 1.50. The summed E-state index contributed by atoms with van der Waals surface area (Å²) in [6.07, 6.45) is 0.767. The third kappa shape index (κ3) is 2.13. The molecular formula is C11H18ClNO2. The van der Waals surface area contributed by atoms with E-state index in [9.17, 15) is 4.79 Å². The Balaban J connectivity index is 1.97. The van der Waals surface area contributed by atoms with E-state index < -0.39 is 0 Å². The molecule has 86 valence electrons. The van der Waals surface area contributed by atoms with Crippen molar-refractivity contribution in [3.05, 3.63) is 0 Å². The molecule has 2 aliphatic rings. The van der Waals surface area contributed by atoms with E-state index in [0.29, 0.717) is 25.0 Å². The number of ether oxygens (including phenoxy) is 1. The van der Waals surface area contributed by atoms with Gasteiger partial charge in [0.05, 0.1) is 5.38 Å².